The van der Waals surface area contributed by atoms with E-state index in [0.29, 0.717) is 12.0 Å². The fraction of sp³-hybridized carbons (Fsp3) is 0.545. The van der Waals surface area contributed by atoms with Crippen LogP contribution in [0.15, 0.2) is 18.5 Å². The van der Waals surface area contributed by atoms with E-state index >= 15 is 0 Å². The molecule has 1 saturated carbocycles. The van der Waals surface area contributed by atoms with Gasteiger partial charge in [0, 0.05) is 24.1 Å². The molecule has 2 rings (SSSR count). The Morgan fingerprint density at radius 3 is 2.93 bits per heavy atom. The summed E-state index contributed by atoms with van der Waals surface area (Å²) < 4.78 is 0. The first kappa shape index (κ1) is 9.46. The Balaban J connectivity index is 2.01. The molecule has 76 valence electrons. The Morgan fingerprint density at radius 1 is 1.43 bits per heavy atom. The lowest BCUT2D eigenvalue weighted by atomic mass is 9.98. The highest BCUT2D eigenvalue weighted by Gasteiger charge is 2.22. The van der Waals surface area contributed by atoms with E-state index in [1.54, 1.807) is 6.20 Å². The standard InChI is InChI=1S/C11H17N3/c12-10-2-1-8(6-10)5-9-7-14-4-3-11(9)13/h3-4,7-8,10H,1-2,5-6,12H2,(H2,13,14). The van der Waals surface area contributed by atoms with Gasteiger partial charge in [0.1, 0.15) is 0 Å². The van der Waals surface area contributed by atoms with Crippen molar-refractivity contribution in [2.24, 2.45) is 11.7 Å². The Bertz CT molecular complexity index is 311. The second-order valence-corrected chi connectivity index (χ2v) is 4.22. The fourth-order valence-electron chi connectivity index (χ4n) is 2.22. The number of nitrogens with two attached hydrogens (primary N) is 2. The van der Waals surface area contributed by atoms with Gasteiger partial charge < -0.3 is 11.5 Å². The third-order valence-corrected chi connectivity index (χ3v) is 3.03. The number of hydrogen-bond donors (Lipinski definition) is 2. The molecule has 3 heteroatoms. The number of pyridine rings is 1. The summed E-state index contributed by atoms with van der Waals surface area (Å²) in [6.45, 7) is 0. The molecular weight excluding hydrogens is 174 g/mol. The smallest absolute Gasteiger partial charge is 0.0377 e. The van der Waals surface area contributed by atoms with E-state index in [1.807, 2.05) is 12.3 Å². The van der Waals surface area contributed by atoms with Crippen LogP contribution >= 0.6 is 0 Å². The first-order chi connectivity index (χ1) is 6.75. The average molecular weight is 191 g/mol. The molecule has 0 spiro atoms. The maximum atomic E-state index is 5.87. The first-order valence-electron chi connectivity index (χ1n) is 5.19. The van der Waals surface area contributed by atoms with Crippen molar-refractivity contribution in [1.29, 1.82) is 0 Å². The van der Waals surface area contributed by atoms with Gasteiger partial charge in [0.2, 0.25) is 0 Å². The minimum Gasteiger partial charge on any atom is -0.398 e. The first-order valence-corrected chi connectivity index (χ1v) is 5.19. The van der Waals surface area contributed by atoms with Crippen molar-refractivity contribution in [3.63, 3.8) is 0 Å². The second kappa shape index (κ2) is 3.96. The molecular formula is C11H17N3. The molecule has 1 aromatic rings. The van der Waals surface area contributed by atoms with Crippen molar-refractivity contribution in [3.05, 3.63) is 24.0 Å². The summed E-state index contributed by atoms with van der Waals surface area (Å²) in [4.78, 5) is 4.10. The molecule has 0 amide bonds. The van der Waals surface area contributed by atoms with Crippen LogP contribution in [-0.4, -0.2) is 11.0 Å². The zero-order chi connectivity index (χ0) is 9.97. The molecule has 1 heterocycles. The van der Waals surface area contributed by atoms with Crippen LogP contribution in [0.2, 0.25) is 0 Å². The lowest BCUT2D eigenvalue weighted by molar-refractivity contribution is 0.535. The molecule has 3 nitrogen and oxygen atoms in total. The number of nitrogens with zero attached hydrogens (tertiary/aromatic N) is 1. The van der Waals surface area contributed by atoms with E-state index in [2.05, 4.69) is 4.98 Å². The minimum atomic E-state index is 0.401. The number of anilines is 1. The van der Waals surface area contributed by atoms with Crippen LogP contribution in [0.3, 0.4) is 0 Å². The monoisotopic (exact) mass is 191 g/mol. The molecule has 14 heavy (non-hydrogen) atoms. The van der Waals surface area contributed by atoms with Gasteiger partial charge in [0.25, 0.3) is 0 Å². The van der Waals surface area contributed by atoms with Crippen LogP contribution < -0.4 is 11.5 Å². The van der Waals surface area contributed by atoms with E-state index in [-0.39, 0.29) is 0 Å². The molecule has 1 aliphatic rings. The molecule has 4 N–H and O–H groups in total. The number of aromatic nitrogens is 1. The largest absolute Gasteiger partial charge is 0.398 e. The number of rotatable bonds is 2. The molecule has 1 aliphatic carbocycles. The summed E-state index contributed by atoms with van der Waals surface area (Å²) in [6.07, 6.45) is 8.17. The molecule has 0 aromatic carbocycles. The van der Waals surface area contributed by atoms with Gasteiger partial charge in [-0.2, -0.15) is 0 Å². The van der Waals surface area contributed by atoms with Gasteiger partial charge in [-0.15, -0.1) is 0 Å². The van der Waals surface area contributed by atoms with Crippen LogP contribution in [0.5, 0.6) is 0 Å². The fourth-order valence-corrected chi connectivity index (χ4v) is 2.22. The van der Waals surface area contributed by atoms with E-state index in [1.165, 1.54) is 12.0 Å². The third-order valence-electron chi connectivity index (χ3n) is 3.03. The maximum absolute atomic E-state index is 5.87. The third kappa shape index (κ3) is 2.04. The zero-order valence-corrected chi connectivity index (χ0v) is 8.32. The molecule has 0 aliphatic heterocycles. The average Bonchev–Trinajstić information content (AvgIpc) is 2.56. The second-order valence-electron chi connectivity index (χ2n) is 4.22. The van der Waals surface area contributed by atoms with Crippen molar-refractivity contribution in [3.8, 4) is 0 Å². The number of hydrogen-bond acceptors (Lipinski definition) is 3. The predicted molar refractivity (Wildman–Crippen MR) is 57.7 cm³/mol. The van der Waals surface area contributed by atoms with Gasteiger partial charge >= 0.3 is 0 Å². The Morgan fingerprint density at radius 2 is 2.29 bits per heavy atom. The molecule has 2 atom stereocenters. The molecule has 1 fully saturated rings. The summed E-state index contributed by atoms with van der Waals surface area (Å²) in [5.41, 5.74) is 13.8. The summed E-state index contributed by atoms with van der Waals surface area (Å²) in [7, 11) is 0. The van der Waals surface area contributed by atoms with Crippen molar-refractivity contribution in [2.45, 2.75) is 31.7 Å². The van der Waals surface area contributed by atoms with E-state index in [0.717, 1.165) is 24.9 Å². The van der Waals surface area contributed by atoms with E-state index in [9.17, 15) is 0 Å². The summed E-state index contributed by atoms with van der Waals surface area (Å²) in [5.74, 6) is 0.705. The van der Waals surface area contributed by atoms with Gasteiger partial charge in [-0.05, 0) is 43.2 Å². The van der Waals surface area contributed by atoms with Crippen LogP contribution in [0, 0.1) is 5.92 Å². The summed E-state index contributed by atoms with van der Waals surface area (Å²) in [5, 5.41) is 0. The Labute approximate surface area is 84.5 Å². The highest BCUT2D eigenvalue weighted by atomic mass is 14.7. The van der Waals surface area contributed by atoms with Crippen LogP contribution in [-0.2, 0) is 6.42 Å². The van der Waals surface area contributed by atoms with Crippen LogP contribution in [0.1, 0.15) is 24.8 Å². The van der Waals surface area contributed by atoms with Gasteiger partial charge in [0.05, 0.1) is 0 Å². The molecule has 1 aromatic heterocycles. The van der Waals surface area contributed by atoms with Crippen molar-refractivity contribution in [1.82, 2.24) is 4.98 Å². The van der Waals surface area contributed by atoms with Crippen molar-refractivity contribution in [2.75, 3.05) is 5.73 Å². The zero-order valence-electron chi connectivity index (χ0n) is 8.32. The quantitative estimate of drug-likeness (QED) is 0.741. The molecule has 0 saturated heterocycles. The predicted octanol–water partition coefficient (Wildman–Crippen LogP) is 1.33. The van der Waals surface area contributed by atoms with Gasteiger partial charge in [-0.25, -0.2) is 0 Å². The number of nitrogen functional groups attached to an aromatic ring is 1. The molecule has 0 bridgehead atoms. The lowest BCUT2D eigenvalue weighted by Crippen LogP contribution is -2.15. The van der Waals surface area contributed by atoms with Crippen LogP contribution in [0.4, 0.5) is 5.69 Å². The van der Waals surface area contributed by atoms with E-state index < -0.39 is 0 Å². The highest BCUT2D eigenvalue weighted by Crippen LogP contribution is 2.28. The van der Waals surface area contributed by atoms with Crippen molar-refractivity contribution < 1.29 is 0 Å². The van der Waals surface area contributed by atoms with Gasteiger partial charge in [0.15, 0.2) is 0 Å². The molecule has 2 unspecified atom stereocenters. The molecule has 0 radical (unpaired) electrons. The topological polar surface area (TPSA) is 64.9 Å². The van der Waals surface area contributed by atoms with Gasteiger partial charge in [-0.3, -0.25) is 4.98 Å². The van der Waals surface area contributed by atoms with Crippen molar-refractivity contribution >= 4 is 5.69 Å². The van der Waals surface area contributed by atoms with Gasteiger partial charge in [-0.1, -0.05) is 0 Å². The van der Waals surface area contributed by atoms with E-state index in [4.69, 9.17) is 11.5 Å². The Hall–Kier alpha value is -1.09. The highest BCUT2D eigenvalue weighted by molar-refractivity contribution is 5.44. The normalized spacial score (nSPS) is 26.6. The summed E-state index contributed by atoms with van der Waals surface area (Å²) in [6, 6.07) is 2.27. The van der Waals surface area contributed by atoms with Crippen LogP contribution in [0.25, 0.3) is 0 Å². The Kier molecular flexibility index (Phi) is 2.68. The summed E-state index contributed by atoms with van der Waals surface area (Å²) >= 11 is 0. The lowest BCUT2D eigenvalue weighted by Gasteiger charge is -2.10. The minimum absolute atomic E-state index is 0.401. The maximum Gasteiger partial charge on any atom is 0.0377 e. The SMILES string of the molecule is Nc1ccncc1CC1CCC(N)C1.